The monoisotopic (exact) mass is 242 g/mol. The number of thioether (sulfide) groups is 1. The summed E-state index contributed by atoms with van der Waals surface area (Å²) in [6.45, 7) is 0. The van der Waals surface area contributed by atoms with Gasteiger partial charge in [-0.2, -0.15) is 16.7 Å². The van der Waals surface area contributed by atoms with Gasteiger partial charge in [-0.1, -0.05) is 18.0 Å². The molecule has 90 valence electrons. The number of rotatable bonds is 5. The van der Waals surface area contributed by atoms with E-state index < -0.39 is 0 Å². The molecule has 0 spiro atoms. The molecule has 0 amide bonds. The zero-order valence-electron chi connectivity index (χ0n) is 9.56. The number of nitrogens with zero attached hydrogens (tertiary/aromatic N) is 2. The average molecular weight is 242 g/mol. The van der Waals surface area contributed by atoms with Gasteiger partial charge >= 0.3 is 0 Å². The summed E-state index contributed by atoms with van der Waals surface area (Å²) in [7, 11) is 0. The molecule has 5 heteroatoms. The molecule has 1 fully saturated rings. The molecule has 1 unspecified atom stereocenters. The molecule has 0 aromatic carbocycles. The van der Waals surface area contributed by atoms with Crippen LogP contribution in [0.2, 0.25) is 0 Å². The van der Waals surface area contributed by atoms with Gasteiger partial charge in [0.2, 0.25) is 5.89 Å². The molecular formula is C11H18N2O2S. The lowest BCUT2D eigenvalue weighted by atomic mass is 9.98. The van der Waals surface area contributed by atoms with E-state index in [0.717, 1.165) is 24.4 Å². The predicted octanol–water partition coefficient (Wildman–Crippen LogP) is 2.03. The van der Waals surface area contributed by atoms with Gasteiger partial charge in [0.15, 0.2) is 5.82 Å². The summed E-state index contributed by atoms with van der Waals surface area (Å²) in [6.07, 6.45) is 6.94. The molecule has 1 aromatic heterocycles. The molecule has 0 bridgehead atoms. The van der Waals surface area contributed by atoms with Crippen LogP contribution in [0.3, 0.4) is 0 Å². The molecular weight excluding hydrogens is 224 g/mol. The lowest BCUT2D eigenvalue weighted by Gasteiger charge is -2.14. The Morgan fingerprint density at radius 1 is 1.50 bits per heavy atom. The topological polar surface area (TPSA) is 59.2 Å². The molecule has 1 atom stereocenters. The molecule has 1 N–H and O–H groups in total. The van der Waals surface area contributed by atoms with Crippen LogP contribution in [0.15, 0.2) is 4.52 Å². The Morgan fingerprint density at radius 2 is 2.25 bits per heavy atom. The van der Waals surface area contributed by atoms with Gasteiger partial charge in [0.05, 0.1) is 18.3 Å². The van der Waals surface area contributed by atoms with E-state index in [-0.39, 0.29) is 6.10 Å². The standard InChI is InChI=1S/C11H18N2O2S/c1-16-7-10-12-11(15-13-10)6-9(14)8-4-2-3-5-8/h8-9,14H,2-7H2,1H3. The van der Waals surface area contributed by atoms with Gasteiger partial charge in [0.25, 0.3) is 0 Å². The maximum absolute atomic E-state index is 10.0. The minimum absolute atomic E-state index is 0.315. The normalized spacial score (nSPS) is 19.1. The highest BCUT2D eigenvalue weighted by molar-refractivity contribution is 7.97. The Labute approximate surface area is 99.8 Å². The van der Waals surface area contributed by atoms with Crippen LogP contribution in [-0.2, 0) is 12.2 Å². The van der Waals surface area contributed by atoms with Crippen LogP contribution in [0.1, 0.15) is 37.4 Å². The van der Waals surface area contributed by atoms with Crippen molar-refractivity contribution in [1.82, 2.24) is 10.1 Å². The van der Waals surface area contributed by atoms with Crippen molar-refractivity contribution in [2.75, 3.05) is 6.26 Å². The third kappa shape index (κ3) is 2.98. The van der Waals surface area contributed by atoms with E-state index in [1.807, 2.05) is 6.26 Å². The quantitative estimate of drug-likeness (QED) is 0.856. The largest absolute Gasteiger partial charge is 0.392 e. The van der Waals surface area contributed by atoms with E-state index in [1.165, 1.54) is 12.8 Å². The lowest BCUT2D eigenvalue weighted by molar-refractivity contribution is 0.102. The first-order chi connectivity index (χ1) is 7.79. The van der Waals surface area contributed by atoms with Crippen LogP contribution in [0.5, 0.6) is 0 Å². The summed E-state index contributed by atoms with van der Waals surface area (Å²) < 4.78 is 5.11. The third-order valence-corrected chi connectivity index (χ3v) is 3.66. The first-order valence-electron chi connectivity index (χ1n) is 5.78. The summed E-state index contributed by atoms with van der Waals surface area (Å²) in [5, 5.41) is 13.9. The van der Waals surface area contributed by atoms with Crippen molar-refractivity contribution >= 4 is 11.8 Å². The number of hydrogen-bond acceptors (Lipinski definition) is 5. The minimum Gasteiger partial charge on any atom is -0.392 e. The van der Waals surface area contributed by atoms with Gasteiger partial charge in [0.1, 0.15) is 0 Å². The highest BCUT2D eigenvalue weighted by Gasteiger charge is 2.25. The first kappa shape index (κ1) is 11.9. The molecule has 1 aliphatic carbocycles. The highest BCUT2D eigenvalue weighted by atomic mass is 32.2. The number of aliphatic hydroxyl groups excluding tert-OH is 1. The summed E-state index contributed by atoms with van der Waals surface area (Å²) in [4.78, 5) is 4.25. The van der Waals surface area contributed by atoms with Crippen LogP contribution in [0.4, 0.5) is 0 Å². The summed E-state index contributed by atoms with van der Waals surface area (Å²) in [5.41, 5.74) is 0. The SMILES string of the molecule is CSCc1noc(CC(O)C2CCCC2)n1. The van der Waals surface area contributed by atoms with Crippen molar-refractivity contribution in [3.05, 3.63) is 11.7 Å². The molecule has 2 rings (SSSR count). The van der Waals surface area contributed by atoms with Gasteiger partial charge in [-0.3, -0.25) is 0 Å². The van der Waals surface area contributed by atoms with E-state index in [4.69, 9.17) is 4.52 Å². The van der Waals surface area contributed by atoms with Crippen molar-refractivity contribution in [2.24, 2.45) is 5.92 Å². The maximum atomic E-state index is 10.0. The zero-order valence-corrected chi connectivity index (χ0v) is 10.4. The Kier molecular flexibility index (Phi) is 4.23. The fourth-order valence-electron chi connectivity index (χ4n) is 2.25. The summed E-state index contributed by atoms with van der Waals surface area (Å²) in [5.74, 6) is 2.49. The van der Waals surface area contributed by atoms with Crippen molar-refractivity contribution in [2.45, 2.75) is 44.0 Å². The van der Waals surface area contributed by atoms with Crippen LogP contribution in [0, 0.1) is 5.92 Å². The van der Waals surface area contributed by atoms with E-state index >= 15 is 0 Å². The first-order valence-corrected chi connectivity index (χ1v) is 7.17. The number of aliphatic hydroxyl groups is 1. The Bertz CT molecular complexity index is 324. The van der Waals surface area contributed by atoms with E-state index in [2.05, 4.69) is 10.1 Å². The van der Waals surface area contributed by atoms with Crippen LogP contribution in [-0.4, -0.2) is 27.6 Å². The second-order valence-electron chi connectivity index (χ2n) is 4.35. The van der Waals surface area contributed by atoms with Crippen molar-refractivity contribution in [1.29, 1.82) is 0 Å². The van der Waals surface area contributed by atoms with Gasteiger partial charge in [0, 0.05) is 0 Å². The second-order valence-corrected chi connectivity index (χ2v) is 5.22. The second kappa shape index (κ2) is 5.68. The maximum Gasteiger partial charge on any atom is 0.229 e. The van der Waals surface area contributed by atoms with E-state index in [1.54, 1.807) is 11.8 Å². The molecule has 0 radical (unpaired) electrons. The van der Waals surface area contributed by atoms with Crippen molar-refractivity contribution in [3.63, 3.8) is 0 Å². The Hall–Kier alpha value is -0.550. The van der Waals surface area contributed by atoms with Crippen molar-refractivity contribution < 1.29 is 9.63 Å². The molecule has 1 heterocycles. The number of hydrogen-bond donors (Lipinski definition) is 1. The highest BCUT2D eigenvalue weighted by Crippen LogP contribution is 2.28. The van der Waals surface area contributed by atoms with E-state index in [0.29, 0.717) is 18.2 Å². The van der Waals surface area contributed by atoms with Gasteiger partial charge in [-0.05, 0) is 25.0 Å². The average Bonchev–Trinajstić information content (AvgIpc) is 2.89. The molecule has 4 nitrogen and oxygen atoms in total. The predicted molar refractivity (Wildman–Crippen MR) is 63.2 cm³/mol. The molecule has 0 aliphatic heterocycles. The lowest BCUT2D eigenvalue weighted by Crippen LogP contribution is -2.20. The van der Waals surface area contributed by atoms with Crippen LogP contribution < -0.4 is 0 Å². The molecule has 1 saturated carbocycles. The van der Waals surface area contributed by atoms with Crippen molar-refractivity contribution in [3.8, 4) is 0 Å². The minimum atomic E-state index is -0.315. The van der Waals surface area contributed by atoms with E-state index in [9.17, 15) is 5.11 Å². The molecule has 16 heavy (non-hydrogen) atoms. The van der Waals surface area contributed by atoms with Crippen LogP contribution >= 0.6 is 11.8 Å². The smallest absolute Gasteiger partial charge is 0.229 e. The number of aromatic nitrogens is 2. The zero-order chi connectivity index (χ0) is 11.4. The Morgan fingerprint density at radius 3 is 2.94 bits per heavy atom. The van der Waals surface area contributed by atoms with Crippen LogP contribution in [0.25, 0.3) is 0 Å². The fourth-order valence-corrected chi connectivity index (χ4v) is 2.62. The Balaban J connectivity index is 1.87. The fraction of sp³-hybridized carbons (Fsp3) is 0.818. The summed E-state index contributed by atoms with van der Waals surface area (Å²) >= 11 is 1.66. The summed E-state index contributed by atoms with van der Waals surface area (Å²) in [6, 6.07) is 0. The molecule has 0 saturated heterocycles. The van der Waals surface area contributed by atoms with Gasteiger partial charge < -0.3 is 9.63 Å². The molecule has 1 aliphatic rings. The molecule has 1 aromatic rings. The van der Waals surface area contributed by atoms with Gasteiger partial charge in [-0.25, -0.2) is 0 Å². The third-order valence-electron chi connectivity index (χ3n) is 3.11. The van der Waals surface area contributed by atoms with Gasteiger partial charge in [-0.15, -0.1) is 0 Å².